The highest BCUT2D eigenvalue weighted by Gasteiger charge is 2.27. The largest absolute Gasteiger partial charge is 0.383 e. The number of hydrogen-bond donors (Lipinski definition) is 2. The van der Waals surface area contributed by atoms with Crippen LogP contribution < -0.4 is 10.9 Å². The summed E-state index contributed by atoms with van der Waals surface area (Å²) in [7, 11) is 0. The van der Waals surface area contributed by atoms with Crippen LogP contribution in [0.25, 0.3) is 0 Å². The van der Waals surface area contributed by atoms with Gasteiger partial charge in [0.15, 0.2) is 17.5 Å². The van der Waals surface area contributed by atoms with Gasteiger partial charge in [-0.15, -0.1) is 0 Å². The monoisotopic (exact) mass is 298 g/mol. The van der Waals surface area contributed by atoms with Gasteiger partial charge in [-0.25, -0.2) is 13.2 Å². The Balaban J connectivity index is 1.84. The molecule has 1 aliphatic heterocycles. The predicted octanol–water partition coefficient (Wildman–Crippen LogP) is 2.59. The van der Waals surface area contributed by atoms with E-state index in [-0.39, 0.29) is 17.5 Å². The number of hydrogen-bond acceptors (Lipinski definition) is 3. The van der Waals surface area contributed by atoms with Gasteiger partial charge in [0.2, 0.25) is 0 Å². The SMILES string of the molecule is O=c1cc(C2CCNC(c3cc(F)c(F)c(F)c3)C2)o[nH]1. The van der Waals surface area contributed by atoms with Gasteiger partial charge in [0.1, 0.15) is 5.76 Å². The smallest absolute Gasteiger partial charge is 0.280 e. The second-order valence-corrected chi connectivity index (χ2v) is 5.14. The zero-order valence-corrected chi connectivity index (χ0v) is 11.0. The topological polar surface area (TPSA) is 58.0 Å². The Hall–Kier alpha value is -2.02. The van der Waals surface area contributed by atoms with E-state index in [1.54, 1.807) is 0 Å². The zero-order chi connectivity index (χ0) is 15.0. The van der Waals surface area contributed by atoms with Gasteiger partial charge in [-0.2, -0.15) is 5.16 Å². The third-order valence-corrected chi connectivity index (χ3v) is 3.76. The molecule has 2 atom stereocenters. The fourth-order valence-electron chi connectivity index (χ4n) is 2.70. The van der Waals surface area contributed by atoms with E-state index >= 15 is 0 Å². The number of H-pyrrole nitrogens is 1. The fraction of sp³-hybridized carbons (Fsp3) is 0.357. The first-order valence-corrected chi connectivity index (χ1v) is 6.61. The lowest BCUT2D eigenvalue weighted by atomic mass is 9.87. The van der Waals surface area contributed by atoms with E-state index in [1.807, 2.05) is 0 Å². The molecule has 4 nitrogen and oxygen atoms in total. The van der Waals surface area contributed by atoms with Crippen LogP contribution in [-0.2, 0) is 0 Å². The molecule has 2 unspecified atom stereocenters. The lowest BCUT2D eigenvalue weighted by molar-refractivity contribution is 0.294. The Morgan fingerprint density at radius 3 is 2.48 bits per heavy atom. The molecule has 0 saturated carbocycles. The van der Waals surface area contributed by atoms with Crippen molar-refractivity contribution in [2.75, 3.05) is 6.54 Å². The summed E-state index contributed by atoms with van der Waals surface area (Å²) >= 11 is 0. The molecule has 21 heavy (non-hydrogen) atoms. The summed E-state index contributed by atoms with van der Waals surface area (Å²) in [6, 6.07) is 3.03. The van der Waals surface area contributed by atoms with Gasteiger partial charge in [0.25, 0.3) is 5.56 Å². The number of aromatic amines is 1. The first-order valence-electron chi connectivity index (χ1n) is 6.61. The Kier molecular flexibility index (Phi) is 3.59. The molecule has 0 spiro atoms. The quantitative estimate of drug-likeness (QED) is 0.838. The number of halogens is 3. The molecule has 2 N–H and O–H groups in total. The second kappa shape index (κ2) is 5.40. The minimum atomic E-state index is -1.47. The summed E-state index contributed by atoms with van der Waals surface area (Å²) in [6.07, 6.45) is 1.24. The molecule has 0 bridgehead atoms. The summed E-state index contributed by atoms with van der Waals surface area (Å²) < 4.78 is 44.7. The van der Waals surface area contributed by atoms with Gasteiger partial charge in [0.05, 0.1) is 0 Å². The van der Waals surface area contributed by atoms with Crippen molar-refractivity contribution in [3.05, 3.63) is 57.3 Å². The van der Waals surface area contributed by atoms with Gasteiger partial charge < -0.3 is 9.84 Å². The zero-order valence-electron chi connectivity index (χ0n) is 11.0. The van der Waals surface area contributed by atoms with Gasteiger partial charge in [-0.05, 0) is 37.1 Å². The van der Waals surface area contributed by atoms with E-state index in [0.29, 0.717) is 24.3 Å². The summed E-state index contributed by atoms with van der Waals surface area (Å²) in [5, 5.41) is 5.36. The van der Waals surface area contributed by atoms with Gasteiger partial charge >= 0.3 is 0 Å². The van der Waals surface area contributed by atoms with Crippen molar-refractivity contribution >= 4 is 0 Å². The molecular weight excluding hydrogens is 285 g/mol. The van der Waals surface area contributed by atoms with Gasteiger partial charge in [-0.1, -0.05) is 0 Å². The molecule has 0 aliphatic carbocycles. The maximum absolute atomic E-state index is 13.3. The lowest BCUT2D eigenvalue weighted by Gasteiger charge is -2.29. The lowest BCUT2D eigenvalue weighted by Crippen LogP contribution is -2.31. The standard InChI is InChI=1S/C14H13F3N2O2/c15-9-3-8(4-10(16)14(9)17)11-5-7(1-2-18-11)12-6-13(20)19-21-12/h3-4,6-7,11,18H,1-2,5H2,(H,19,20). The summed E-state index contributed by atoms with van der Waals surface area (Å²) in [4.78, 5) is 11.1. The van der Waals surface area contributed by atoms with E-state index in [2.05, 4.69) is 10.5 Å². The van der Waals surface area contributed by atoms with Crippen molar-refractivity contribution in [1.29, 1.82) is 0 Å². The summed E-state index contributed by atoms with van der Waals surface area (Å²) in [5.41, 5.74) is 0.0212. The van der Waals surface area contributed by atoms with Crippen molar-refractivity contribution < 1.29 is 17.7 Å². The van der Waals surface area contributed by atoms with Crippen LogP contribution in [0.15, 0.2) is 27.5 Å². The molecule has 1 fully saturated rings. The van der Waals surface area contributed by atoms with Crippen LogP contribution in [0.2, 0.25) is 0 Å². The van der Waals surface area contributed by atoms with Crippen LogP contribution in [0.5, 0.6) is 0 Å². The van der Waals surface area contributed by atoms with Crippen molar-refractivity contribution in [2.24, 2.45) is 0 Å². The average molecular weight is 298 g/mol. The minimum Gasteiger partial charge on any atom is -0.383 e. The molecule has 7 heteroatoms. The summed E-state index contributed by atoms with van der Waals surface area (Å²) in [6.45, 7) is 0.602. The highest BCUT2D eigenvalue weighted by atomic mass is 19.2. The normalized spacial score (nSPS) is 22.4. The molecule has 112 valence electrons. The molecule has 3 rings (SSSR count). The average Bonchev–Trinajstić information content (AvgIpc) is 2.91. The number of nitrogens with one attached hydrogen (secondary N) is 2. The Labute approximate surface area is 117 Å². The number of aromatic nitrogens is 1. The molecule has 1 saturated heterocycles. The fourth-order valence-corrected chi connectivity index (χ4v) is 2.70. The molecule has 1 aromatic carbocycles. The molecular formula is C14H13F3N2O2. The number of rotatable bonds is 2. The van der Waals surface area contributed by atoms with Crippen LogP contribution in [0, 0.1) is 17.5 Å². The molecule has 1 aliphatic rings. The van der Waals surface area contributed by atoms with Crippen LogP contribution in [0.1, 0.15) is 36.1 Å². The molecule has 0 amide bonds. The van der Waals surface area contributed by atoms with Crippen molar-refractivity contribution in [3.8, 4) is 0 Å². The third kappa shape index (κ3) is 2.73. The van der Waals surface area contributed by atoms with E-state index < -0.39 is 17.5 Å². The first-order chi connectivity index (χ1) is 10.0. The van der Waals surface area contributed by atoms with Crippen LogP contribution in [0.3, 0.4) is 0 Å². The van der Waals surface area contributed by atoms with Crippen molar-refractivity contribution in [1.82, 2.24) is 10.5 Å². The maximum Gasteiger partial charge on any atom is 0.280 e. The van der Waals surface area contributed by atoms with E-state index in [9.17, 15) is 18.0 Å². The van der Waals surface area contributed by atoms with E-state index in [0.717, 1.165) is 18.6 Å². The highest BCUT2D eigenvalue weighted by molar-refractivity contribution is 5.24. The molecule has 2 aromatic rings. The third-order valence-electron chi connectivity index (χ3n) is 3.76. The Morgan fingerprint density at radius 1 is 1.14 bits per heavy atom. The van der Waals surface area contributed by atoms with Gasteiger partial charge in [0, 0.05) is 18.0 Å². The second-order valence-electron chi connectivity index (χ2n) is 5.14. The van der Waals surface area contributed by atoms with Crippen molar-refractivity contribution in [3.63, 3.8) is 0 Å². The number of benzene rings is 1. The maximum atomic E-state index is 13.3. The molecule has 1 aromatic heterocycles. The predicted molar refractivity (Wildman–Crippen MR) is 68.4 cm³/mol. The van der Waals surface area contributed by atoms with Gasteiger partial charge in [-0.3, -0.25) is 4.79 Å². The van der Waals surface area contributed by atoms with Crippen LogP contribution in [0.4, 0.5) is 13.2 Å². The molecule has 2 heterocycles. The highest BCUT2D eigenvalue weighted by Crippen LogP contribution is 2.34. The van der Waals surface area contributed by atoms with Crippen molar-refractivity contribution in [2.45, 2.75) is 24.8 Å². The Morgan fingerprint density at radius 2 is 1.86 bits per heavy atom. The van der Waals surface area contributed by atoms with Crippen LogP contribution >= 0.6 is 0 Å². The van der Waals surface area contributed by atoms with E-state index in [4.69, 9.17) is 4.52 Å². The Bertz CT molecular complexity index is 687. The molecule has 0 radical (unpaired) electrons. The minimum absolute atomic E-state index is 0.0358. The van der Waals surface area contributed by atoms with E-state index in [1.165, 1.54) is 6.07 Å². The number of piperidine rings is 1. The first kappa shape index (κ1) is 13.9. The van der Waals surface area contributed by atoms with Crippen LogP contribution in [-0.4, -0.2) is 11.7 Å². The summed E-state index contributed by atoms with van der Waals surface area (Å²) in [5.74, 6) is -3.40.